The Bertz CT molecular complexity index is 518. The van der Waals surface area contributed by atoms with Crippen molar-refractivity contribution < 1.29 is 14.3 Å². The molecule has 2 aliphatic rings. The second-order valence-electron chi connectivity index (χ2n) is 5.69. The predicted molar refractivity (Wildman–Crippen MR) is 80.9 cm³/mol. The van der Waals surface area contributed by atoms with Gasteiger partial charge in [0.25, 0.3) is 0 Å². The topological polar surface area (TPSA) is 59.6 Å². The zero-order valence-corrected chi connectivity index (χ0v) is 12.4. The van der Waals surface area contributed by atoms with Gasteiger partial charge in [-0.3, -0.25) is 4.79 Å². The Morgan fingerprint density at radius 3 is 2.86 bits per heavy atom. The lowest BCUT2D eigenvalue weighted by molar-refractivity contribution is -0.121. The summed E-state index contributed by atoms with van der Waals surface area (Å²) in [7, 11) is 0. The number of carbonyl (C=O) groups is 1. The van der Waals surface area contributed by atoms with Crippen LogP contribution >= 0.6 is 0 Å². The summed E-state index contributed by atoms with van der Waals surface area (Å²) in [5, 5.41) is 6.35. The highest BCUT2D eigenvalue weighted by Gasteiger charge is 2.27. The van der Waals surface area contributed by atoms with Crippen molar-refractivity contribution in [3.05, 3.63) is 18.2 Å². The lowest BCUT2D eigenvalue weighted by atomic mass is 9.91. The van der Waals surface area contributed by atoms with E-state index in [1.165, 1.54) is 0 Å². The van der Waals surface area contributed by atoms with Crippen LogP contribution in [-0.4, -0.2) is 31.7 Å². The maximum atomic E-state index is 12.4. The van der Waals surface area contributed by atoms with Gasteiger partial charge in [0.2, 0.25) is 5.91 Å². The third-order valence-corrected chi connectivity index (χ3v) is 4.11. The number of hydrogen-bond donors (Lipinski definition) is 2. The number of piperidine rings is 1. The van der Waals surface area contributed by atoms with Gasteiger partial charge in [0, 0.05) is 24.2 Å². The molecule has 0 radical (unpaired) electrons. The van der Waals surface area contributed by atoms with Crippen molar-refractivity contribution >= 4 is 11.6 Å². The van der Waals surface area contributed by atoms with E-state index in [-0.39, 0.29) is 17.9 Å². The summed E-state index contributed by atoms with van der Waals surface area (Å²) in [6.07, 6.45) is 2.86. The van der Waals surface area contributed by atoms with Gasteiger partial charge in [-0.2, -0.15) is 0 Å². The van der Waals surface area contributed by atoms with E-state index in [2.05, 4.69) is 17.6 Å². The second-order valence-corrected chi connectivity index (χ2v) is 5.69. The number of anilines is 1. The monoisotopic (exact) mass is 290 g/mol. The van der Waals surface area contributed by atoms with Crippen LogP contribution in [0.1, 0.15) is 26.2 Å². The highest BCUT2D eigenvalue weighted by molar-refractivity contribution is 5.93. The SMILES string of the molecule is CC1NCCCC1C(=O)Nc1ccc2c(c1)OCCCO2. The van der Waals surface area contributed by atoms with Crippen LogP contribution in [0.4, 0.5) is 5.69 Å². The Morgan fingerprint density at radius 2 is 2.05 bits per heavy atom. The van der Waals surface area contributed by atoms with Crippen LogP contribution in [0.3, 0.4) is 0 Å². The Morgan fingerprint density at radius 1 is 1.24 bits per heavy atom. The van der Waals surface area contributed by atoms with Gasteiger partial charge in [0.05, 0.1) is 19.1 Å². The number of hydrogen-bond acceptors (Lipinski definition) is 4. The molecule has 0 saturated carbocycles. The first-order valence-corrected chi connectivity index (χ1v) is 7.68. The van der Waals surface area contributed by atoms with E-state index in [4.69, 9.17) is 9.47 Å². The normalized spacial score (nSPS) is 25.0. The molecular formula is C16H22N2O3. The molecule has 2 N–H and O–H groups in total. The Kier molecular flexibility index (Phi) is 4.29. The maximum absolute atomic E-state index is 12.4. The number of fused-ring (bicyclic) bond motifs is 1. The summed E-state index contributed by atoms with van der Waals surface area (Å²) >= 11 is 0. The zero-order valence-electron chi connectivity index (χ0n) is 12.4. The standard InChI is InChI=1S/C16H22N2O3/c1-11-13(4-2-7-17-11)16(19)18-12-5-6-14-15(10-12)21-9-3-8-20-14/h5-6,10-11,13,17H,2-4,7-9H2,1H3,(H,18,19). The molecule has 2 atom stereocenters. The van der Waals surface area contributed by atoms with Gasteiger partial charge in [-0.05, 0) is 38.4 Å². The molecule has 0 aliphatic carbocycles. The van der Waals surface area contributed by atoms with E-state index >= 15 is 0 Å². The molecule has 2 aliphatic heterocycles. The molecule has 3 rings (SSSR count). The van der Waals surface area contributed by atoms with Crippen LogP contribution < -0.4 is 20.1 Å². The highest BCUT2D eigenvalue weighted by Crippen LogP contribution is 2.32. The molecule has 1 aromatic rings. The lowest BCUT2D eigenvalue weighted by Crippen LogP contribution is -2.44. The zero-order chi connectivity index (χ0) is 14.7. The van der Waals surface area contributed by atoms with Crippen molar-refractivity contribution in [1.82, 2.24) is 5.32 Å². The summed E-state index contributed by atoms with van der Waals surface area (Å²) < 4.78 is 11.2. The van der Waals surface area contributed by atoms with Crippen LogP contribution in [0.15, 0.2) is 18.2 Å². The number of carbonyl (C=O) groups excluding carboxylic acids is 1. The molecule has 2 heterocycles. The quantitative estimate of drug-likeness (QED) is 0.876. The predicted octanol–water partition coefficient (Wildman–Crippen LogP) is 2.17. The van der Waals surface area contributed by atoms with Crippen LogP contribution in [0.25, 0.3) is 0 Å². The first kappa shape index (κ1) is 14.2. The molecule has 114 valence electrons. The van der Waals surface area contributed by atoms with Gasteiger partial charge in [0.1, 0.15) is 0 Å². The van der Waals surface area contributed by atoms with Gasteiger partial charge in [-0.15, -0.1) is 0 Å². The minimum absolute atomic E-state index is 0.0229. The van der Waals surface area contributed by atoms with E-state index in [0.717, 1.165) is 37.2 Å². The maximum Gasteiger partial charge on any atom is 0.229 e. The Hall–Kier alpha value is -1.75. The minimum atomic E-state index is 0.0229. The summed E-state index contributed by atoms with van der Waals surface area (Å²) in [4.78, 5) is 12.4. The lowest BCUT2D eigenvalue weighted by Gasteiger charge is -2.28. The van der Waals surface area contributed by atoms with Crippen molar-refractivity contribution in [1.29, 1.82) is 0 Å². The van der Waals surface area contributed by atoms with E-state index in [0.29, 0.717) is 19.0 Å². The highest BCUT2D eigenvalue weighted by atomic mass is 16.5. The molecule has 2 unspecified atom stereocenters. The van der Waals surface area contributed by atoms with Crippen molar-refractivity contribution in [3.63, 3.8) is 0 Å². The molecule has 0 spiro atoms. The molecule has 1 amide bonds. The van der Waals surface area contributed by atoms with Crippen molar-refractivity contribution in [3.8, 4) is 11.5 Å². The third-order valence-electron chi connectivity index (χ3n) is 4.11. The average Bonchev–Trinajstić information content (AvgIpc) is 2.72. The van der Waals surface area contributed by atoms with Crippen molar-refractivity contribution in [2.24, 2.45) is 5.92 Å². The number of benzene rings is 1. The Labute approximate surface area is 125 Å². The Balaban J connectivity index is 1.69. The van der Waals surface area contributed by atoms with Crippen LogP contribution in [0.2, 0.25) is 0 Å². The number of amides is 1. The molecule has 5 heteroatoms. The second kappa shape index (κ2) is 6.35. The largest absolute Gasteiger partial charge is 0.490 e. The van der Waals surface area contributed by atoms with E-state index in [1.807, 2.05) is 18.2 Å². The van der Waals surface area contributed by atoms with Crippen LogP contribution in [0, 0.1) is 5.92 Å². The smallest absolute Gasteiger partial charge is 0.229 e. The first-order valence-electron chi connectivity index (χ1n) is 7.68. The number of ether oxygens (including phenoxy) is 2. The van der Waals surface area contributed by atoms with Crippen molar-refractivity contribution in [2.75, 3.05) is 25.1 Å². The van der Waals surface area contributed by atoms with Crippen molar-refractivity contribution in [2.45, 2.75) is 32.2 Å². The van der Waals surface area contributed by atoms with E-state index in [1.54, 1.807) is 0 Å². The fourth-order valence-corrected chi connectivity index (χ4v) is 2.88. The third kappa shape index (κ3) is 3.29. The van der Waals surface area contributed by atoms with Gasteiger partial charge in [-0.1, -0.05) is 0 Å². The summed E-state index contributed by atoms with van der Waals surface area (Å²) in [6.45, 7) is 4.38. The molecule has 1 aromatic carbocycles. The van der Waals surface area contributed by atoms with Crippen LogP contribution in [0.5, 0.6) is 11.5 Å². The van der Waals surface area contributed by atoms with Crippen LogP contribution in [-0.2, 0) is 4.79 Å². The minimum Gasteiger partial charge on any atom is -0.490 e. The molecule has 1 fully saturated rings. The van der Waals surface area contributed by atoms with Gasteiger partial charge in [0.15, 0.2) is 11.5 Å². The van der Waals surface area contributed by atoms with Gasteiger partial charge in [-0.25, -0.2) is 0 Å². The number of nitrogens with one attached hydrogen (secondary N) is 2. The first-order chi connectivity index (χ1) is 10.2. The molecule has 21 heavy (non-hydrogen) atoms. The van der Waals surface area contributed by atoms with Gasteiger partial charge < -0.3 is 20.1 Å². The van der Waals surface area contributed by atoms with Gasteiger partial charge >= 0.3 is 0 Å². The molecule has 1 saturated heterocycles. The molecule has 0 aromatic heterocycles. The summed E-state index contributed by atoms with van der Waals surface area (Å²) in [5.74, 6) is 1.55. The van der Waals surface area contributed by atoms with E-state index < -0.39 is 0 Å². The average molecular weight is 290 g/mol. The summed E-state index contributed by atoms with van der Waals surface area (Å²) in [5.41, 5.74) is 0.766. The van der Waals surface area contributed by atoms with E-state index in [9.17, 15) is 4.79 Å². The fourth-order valence-electron chi connectivity index (χ4n) is 2.88. The fraction of sp³-hybridized carbons (Fsp3) is 0.562. The molecular weight excluding hydrogens is 268 g/mol. The molecule has 5 nitrogen and oxygen atoms in total. The molecule has 0 bridgehead atoms. The number of rotatable bonds is 2. The summed E-state index contributed by atoms with van der Waals surface area (Å²) in [6, 6.07) is 5.80.